The number of hydrogen-bond acceptors (Lipinski definition) is 7. The third-order valence-corrected chi connectivity index (χ3v) is 6.36. The molecular formula is C23H40FN3O4S. The number of rotatable bonds is 10. The number of ether oxygens (including phenoxy) is 1. The molecule has 32 heavy (non-hydrogen) atoms. The third-order valence-electron chi connectivity index (χ3n) is 5.43. The van der Waals surface area contributed by atoms with Crippen molar-refractivity contribution in [3.05, 3.63) is 41.7 Å². The van der Waals surface area contributed by atoms with Crippen molar-refractivity contribution in [1.29, 1.82) is 0 Å². The fourth-order valence-corrected chi connectivity index (χ4v) is 4.05. The molecule has 1 aliphatic rings. The molecule has 0 radical (unpaired) electrons. The van der Waals surface area contributed by atoms with Gasteiger partial charge in [0.2, 0.25) is 0 Å². The van der Waals surface area contributed by atoms with E-state index in [2.05, 4.69) is 10.2 Å². The summed E-state index contributed by atoms with van der Waals surface area (Å²) in [5, 5.41) is 23.1. The second-order valence-corrected chi connectivity index (χ2v) is 9.25. The first kappa shape index (κ1) is 28.5. The monoisotopic (exact) mass is 473 g/mol. The number of hydrogen-bond donors (Lipinski definition) is 4. The SMILES string of the molecule is CC.CC1CC(N(C)CC/C(N)=C/NC(CF)C(O)c2ccc(S(C)=O)cc2)CC(O)O1. The van der Waals surface area contributed by atoms with E-state index in [4.69, 9.17) is 10.5 Å². The van der Waals surface area contributed by atoms with Crippen molar-refractivity contribution in [3.63, 3.8) is 0 Å². The van der Waals surface area contributed by atoms with E-state index in [1.165, 1.54) is 6.20 Å². The Hall–Kier alpha value is -1.52. The molecule has 6 unspecified atom stereocenters. The average Bonchev–Trinajstić information content (AvgIpc) is 2.78. The van der Waals surface area contributed by atoms with E-state index < -0.39 is 35.9 Å². The standard InChI is InChI=1S/C21H34FN3O4S.C2H6/c1-14-10-17(11-20(26)29-14)25(2)9-8-16(23)13-24-19(12-22)21(27)15-4-6-18(7-5-15)30(3)28;1-2/h4-7,13-14,17,19-21,24,26-27H,8-12,23H2,1-3H3;1-2H3/b16-13-;. The molecule has 0 saturated carbocycles. The predicted molar refractivity (Wildman–Crippen MR) is 127 cm³/mol. The molecule has 0 bridgehead atoms. The Labute approximate surface area is 194 Å². The lowest BCUT2D eigenvalue weighted by Crippen LogP contribution is -2.43. The highest BCUT2D eigenvalue weighted by Crippen LogP contribution is 2.22. The van der Waals surface area contributed by atoms with Gasteiger partial charge < -0.3 is 30.9 Å². The van der Waals surface area contributed by atoms with E-state index in [-0.39, 0.29) is 12.1 Å². The maximum absolute atomic E-state index is 13.5. The van der Waals surface area contributed by atoms with Gasteiger partial charge in [0, 0.05) is 59.3 Å². The zero-order chi connectivity index (χ0) is 24.3. The minimum atomic E-state index is -1.11. The largest absolute Gasteiger partial charge is 0.401 e. The zero-order valence-electron chi connectivity index (χ0n) is 19.8. The molecule has 7 nitrogen and oxygen atoms in total. The molecule has 1 saturated heterocycles. The first-order chi connectivity index (χ1) is 15.2. The Kier molecular flexibility index (Phi) is 13.0. The Morgan fingerprint density at radius 1 is 1.38 bits per heavy atom. The first-order valence-electron chi connectivity index (χ1n) is 11.1. The van der Waals surface area contributed by atoms with Crippen molar-refractivity contribution >= 4 is 10.8 Å². The molecule has 1 aliphatic heterocycles. The summed E-state index contributed by atoms with van der Waals surface area (Å²) in [6.07, 6.45) is 3.29. The quantitative estimate of drug-likeness (QED) is 0.413. The van der Waals surface area contributed by atoms with Crippen LogP contribution >= 0.6 is 0 Å². The van der Waals surface area contributed by atoms with Crippen LogP contribution in [0.3, 0.4) is 0 Å². The summed E-state index contributed by atoms with van der Waals surface area (Å²) < 4.78 is 30.3. The summed E-state index contributed by atoms with van der Waals surface area (Å²) in [5.74, 6) is 0. The van der Waals surface area contributed by atoms with Crippen LogP contribution in [0.4, 0.5) is 4.39 Å². The highest BCUT2D eigenvalue weighted by Gasteiger charge is 2.28. The number of nitrogens with one attached hydrogen (secondary N) is 1. The smallest absolute Gasteiger partial charge is 0.156 e. The van der Waals surface area contributed by atoms with Crippen LogP contribution in [0.15, 0.2) is 41.1 Å². The Morgan fingerprint density at radius 3 is 2.53 bits per heavy atom. The molecule has 1 aromatic rings. The van der Waals surface area contributed by atoms with Gasteiger partial charge >= 0.3 is 0 Å². The molecule has 184 valence electrons. The van der Waals surface area contributed by atoms with Gasteiger partial charge in [0.25, 0.3) is 0 Å². The van der Waals surface area contributed by atoms with E-state index >= 15 is 0 Å². The van der Waals surface area contributed by atoms with Crippen molar-refractivity contribution in [3.8, 4) is 0 Å². The summed E-state index contributed by atoms with van der Waals surface area (Å²) in [6, 6.07) is 6.00. The predicted octanol–water partition coefficient (Wildman–Crippen LogP) is 2.42. The van der Waals surface area contributed by atoms with Gasteiger partial charge in [0.1, 0.15) is 12.8 Å². The van der Waals surface area contributed by atoms with Crippen molar-refractivity contribution in [2.75, 3.05) is 26.5 Å². The van der Waals surface area contributed by atoms with Crippen LogP contribution in [0.1, 0.15) is 51.7 Å². The molecule has 1 aromatic carbocycles. The number of alkyl halides is 1. The summed E-state index contributed by atoms with van der Waals surface area (Å²) >= 11 is 0. The van der Waals surface area contributed by atoms with Crippen LogP contribution < -0.4 is 11.1 Å². The second-order valence-electron chi connectivity index (χ2n) is 7.87. The Morgan fingerprint density at radius 2 is 2.00 bits per heavy atom. The molecule has 2 rings (SSSR count). The van der Waals surface area contributed by atoms with E-state index in [1.807, 2.05) is 27.8 Å². The third kappa shape index (κ3) is 9.15. The van der Waals surface area contributed by atoms with Crippen LogP contribution in [0, 0.1) is 0 Å². The van der Waals surface area contributed by atoms with Crippen molar-refractivity contribution < 1.29 is 23.5 Å². The van der Waals surface area contributed by atoms with Crippen LogP contribution in [-0.4, -0.2) is 70.3 Å². The molecule has 0 spiro atoms. The van der Waals surface area contributed by atoms with Gasteiger partial charge in [-0.3, -0.25) is 4.21 Å². The molecule has 1 heterocycles. The van der Waals surface area contributed by atoms with Crippen LogP contribution in [0.2, 0.25) is 0 Å². The topological polar surface area (TPSA) is 108 Å². The zero-order valence-corrected chi connectivity index (χ0v) is 20.6. The first-order valence-corrected chi connectivity index (χ1v) is 12.7. The number of aliphatic hydroxyl groups is 2. The van der Waals surface area contributed by atoms with Crippen molar-refractivity contribution in [1.82, 2.24) is 10.2 Å². The maximum Gasteiger partial charge on any atom is 0.156 e. The van der Waals surface area contributed by atoms with E-state index in [0.29, 0.717) is 35.5 Å². The second kappa shape index (κ2) is 14.6. The lowest BCUT2D eigenvalue weighted by molar-refractivity contribution is -0.173. The molecular weight excluding hydrogens is 433 g/mol. The summed E-state index contributed by atoms with van der Waals surface area (Å²) in [5.41, 5.74) is 7.15. The van der Waals surface area contributed by atoms with Crippen molar-refractivity contribution in [2.24, 2.45) is 5.73 Å². The molecule has 0 aliphatic carbocycles. The van der Waals surface area contributed by atoms with Crippen LogP contribution in [-0.2, 0) is 15.5 Å². The van der Waals surface area contributed by atoms with Gasteiger partial charge in [0.05, 0.1) is 12.1 Å². The van der Waals surface area contributed by atoms with Crippen molar-refractivity contribution in [2.45, 2.75) is 75.5 Å². The minimum Gasteiger partial charge on any atom is -0.401 e. The molecule has 9 heteroatoms. The van der Waals surface area contributed by atoms with Gasteiger partial charge in [-0.25, -0.2) is 4.39 Å². The Balaban J connectivity index is 0.00000249. The summed E-state index contributed by atoms with van der Waals surface area (Å²) in [6.45, 7) is 5.86. The summed E-state index contributed by atoms with van der Waals surface area (Å²) in [7, 11) is 0.876. The fourth-order valence-electron chi connectivity index (χ4n) is 3.53. The molecule has 0 aromatic heterocycles. The van der Waals surface area contributed by atoms with E-state index in [0.717, 1.165) is 6.42 Å². The molecule has 0 amide bonds. The highest BCUT2D eigenvalue weighted by atomic mass is 32.2. The van der Waals surface area contributed by atoms with Gasteiger partial charge in [-0.2, -0.15) is 0 Å². The lowest BCUT2D eigenvalue weighted by atomic mass is 10.0. The van der Waals surface area contributed by atoms with Gasteiger partial charge in [0.15, 0.2) is 6.29 Å². The normalized spacial score (nSPS) is 24.3. The van der Waals surface area contributed by atoms with Gasteiger partial charge in [-0.15, -0.1) is 0 Å². The fraction of sp³-hybridized carbons (Fsp3) is 0.652. The van der Waals surface area contributed by atoms with Crippen LogP contribution in [0.5, 0.6) is 0 Å². The maximum atomic E-state index is 13.5. The highest BCUT2D eigenvalue weighted by molar-refractivity contribution is 7.84. The minimum absolute atomic E-state index is 0.00828. The number of halogens is 1. The molecule has 1 fully saturated rings. The summed E-state index contributed by atoms with van der Waals surface area (Å²) in [4.78, 5) is 2.79. The Bertz CT molecular complexity index is 710. The number of benzene rings is 1. The number of nitrogens with two attached hydrogens (primary N) is 1. The molecule has 6 atom stereocenters. The van der Waals surface area contributed by atoms with E-state index in [9.17, 15) is 18.8 Å². The molecule has 5 N–H and O–H groups in total. The number of nitrogens with zero attached hydrogens (tertiary/aromatic N) is 1. The van der Waals surface area contributed by atoms with Gasteiger partial charge in [-0.05, 0) is 38.1 Å². The number of aliphatic hydroxyl groups excluding tert-OH is 2. The lowest BCUT2D eigenvalue weighted by Gasteiger charge is -2.36. The van der Waals surface area contributed by atoms with Crippen LogP contribution in [0.25, 0.3) is 0 Å². The van der Waals surface area contributed by atoms with E-state index in [1.54, 1.807) is 30.5 Å². The average molecular weight is 474 g/mol. The van der Waals surface area contributed by atoms with Gasteiger partial charge in [-0.1, -0.05) is 26.0 Å².